The Kier molecular flexibility index (Phi) is 4.85. The first-order valence-electron chi connectivity index (χ1n) is 5.84. The van der Waals surface area contributed by atoms with Crippen LogP contribution in [0.25, 0.3) is 0 Å². The molecule has 2 amide bonds. The highest BCUT2D eigenvalue weighted by atomic mass is 16.2. The number of carbonyl (C=O) groups is 2. The number of hydrogen-bond donors (Lipinski definition) is 3. The van der Waals surface area contributed by atoms with Crippen molar-refractivity contribution >= 4 is 17.5 Å². The quantitative estimate of drug-likeness (QED) is 0.714. The van der Waals surface area contributed by atoms with Gasteiger partial charge in [-0.1, -0.05) is 19.1 Å². The number of rotatable bonds is 5. The molecule has 5 N–H and O–H groups in total. The van der Waals surface area contributed by atoms with Gasteiger partial charge in [-0.15, -0.1) is 0 Å². The highest BCUT2D eigenvalue weighted by molar-refractivity contribution is 5.92. The third-order valence-corrected chi connectivity index (χ3v) is 2.80. The maximum absolute atomic E-state index is 11.8. The summed E-state index contributed by atoms with van der Waals surface area (Å²) >= 11 is 0. The lowest BCUT2D eigenvalue weighted by molar-refractivity contribution is -0.120. The zero-order chi connectivity index (χ0) is 13.7. The smallest absolute Gasteiger partial charge is 0.228 e. The van der Waals surface area contributed by atoms with E-state index < -0.39 is 0 Å². The number of carbonyl (C=O) groups excluding carboxylic acids is 2. The number of nitrogens with two attached hydrogens (primary N) is 2. The predicted octanol–water partition coefficient (Wildman–Crippen LogP) is 0.636. The van der Waals surface area contributed by atoms with Crippen LogP contribution in [0.3, 0.4) is 0 Å². The van der Waals surface area contributed by atoms with Crippen LogP contribution in [0.2, 0.25) is 0 Å². The van der Waals surface area contributed by atoms with Gasteiger partial charge in [0.25, 0.3) is 0 Å². The monoisotopic (exact) mass is 249 g/mol. The van der Waals surface area contributed by atoms with Gasteiger partial charge in [-0.25, -0.2) is 0 Å². The maximum Gasteiger partial charge on any atom is 0.228 e. The fourth-order valence-corrected chi connectivity index (χ4v) is 1.40. The second kappa shape index (κ2) is 6.16. The molecule has 0 saturated carbocycles. The Bertz CT molecular complexity index is 426. The van der Waals surface area contributed by atoms with Gasteiger partial charge in [0.15, 0.2) is 0 Å². The van der Waals surface area contributed by atoms with Crippen molar-refractivity contribution in [3.63, 3.8) is 0 Å². The molecule has 1 aromatic carbocycles. The van der Waals surface area contributed by atoms with Gasteiger partial charge in [-0.2, -0.15) is 0 Å². The lowest BCUT2D eigenvalue weighted by Gasteiger charge is -2.15. The minimum absolute atomic E-state index is 0.118. The molecule has 0 heterocycles. The van der Waals surface area contributed by atoms with Crippen molar-refractivity contribution in [3.05, 3.63) is 29.8 Å². The summed E-state index contributed by atoms with van der Waals surface area (Å²) in [6.07, 6.45) is 0.199. The van der Waals surface area contributed by atoms with Gasteiger partial charge >= 0.3 is 0 Å². The van der Waals surface area contributed by atoms with E-state index in [1.165, 1.54) is 0 Å². The van der Waals surface area contributed by atoms with Crippen LogP contribution in [0.1, 0.15) is 19.4 Å². The molecule has 0 bridgehead atoms. The van der Waals surface area contributed by atoms with Crippen molar-refractivity contribution in [1.82, 2.24) is 0 Å². The first-order chi connectivity index (χ1) is 8.40. The molecule has 0 aliphatic carbocycles. The van der Waals surface area contributed by atoms with Gasteiger partial charge < -0.3 is 16.8 Å². The minimum atomic E-state index is -0.377. The van der Waals surface area contributed by atoms with E-state index in [0.717, 1.165) is 5.56 Å². The summed E-state index contributed by atoms with van der Waals surface area (Å²) in [7, 11) is 0. The van der Waals surface area contributed by atoms with Crippen LogP contribution in [-0.2, 0) is 16.0 Å². The second-order valence-electron chi connectivity index (χ2n) is 4.48. The van der Waals surface area contributed by atoms with Gasteiger partial charge in [-0.05, 0) is 24.6 Å². The second-order valence-corrected chi connectivity index (χ2v) is 4.48. The van der Waals surface area contributed by atoms with Gasteiger partial charge in [0.05, 0.1) is 12.3 Å². The molecule has 5 heteroatoms. The predicted molar refractivity (Wildman–Crippen MR) is 70.8 cm³/mol. The molecule has 5 nitrogen and oxygen atoms in total. The molecule has 98 valence electrons. The van der Waals surface area contributed by atoms with E-state index >= 15 is 0 Å². The molecule has 0 aliphatic rings. The fourth-order valence-electron chi connectivity index (χ4n) is 1.40. The average molecular weight is 249 g/mol. The van der Waals surface area contributed by atoms with Crippen LogP contribution in [-0.4, -0.2) is 17.9 Å². The third-order valence-electron chi connectivity index (χ3n) is 2.80. The third kappa shape index (κ3) is 4.18. The lowest BCUT2D eigenvalue weighted by Crippen LogP contribution is -2.34. The van der Waals surface area contributed by atoms with Crippen LogP contribution in [0, 0.1) is 5.92 Å². The van der Waals surface area contributed by atoms with Crippen molar-refractivity contribution in [3.8, 4) is 0 Å². The van der Waals surface area contributed by atoms with E-state index in [0.29, 0.717) is 5.69 Å². The minimum Gasteiger partial charge on any atom is -0.369 e. The number of benzene rings is 1. The molecule has 2 atom stereocenters. The Hall–Kier alpha value is -1.88. The topological polar surface area (TPSA) is 98.2 Å². The van der Waals surface area contributed by atoms with E-state index in [1.54, 1.807) is 38.1 Å². The van der Waals surface area contributed by atoms with Crippen molar-refractivity contribution in [1.29, 1.82) is 0 Å². The number of hydrogen-bond acceptors (Lipinski definition) is 3. The highest BCUT2D eigenvalue weighted by Gasteiger charge is 2.16. The molecular weight excluding hydrogens is 230 g/mol. The van der Waals surface area contributed by atoms with Crippen LogP contribution in [0.15, 0.2) is 24.3 Å². The average Bonchev–Trinajstić information content (AvgIpc) is 2.29. The van der Waals surface area contributed by atoms with Gasteiger partial charge in [-0.3, -0.25) is 9.59 Å². The Morgan fingerprint density at radius 2 is 1.78 bits per heavy atom. The number of amides is 2. The summed E-state index contributed by atoms with van der Waals surface area (Å²) in [5.41, 5.74) is 12.3. The fraction of sp³-hybridized carbons (Fsp3) is 0.385. The molecule has 0 aromatic heterocycles. The Morgan fingerprint density at radius 3 is 2.22 bits per heavy atom. The normalized spacial score (nSPS) is 13.7. The lowest BCUT2D eigenvalue weighted by atomic mass is 10.0. The number of nitrogens with one attached hydrogen (secondary N) is 1. The van der Waals surface area contributed by atoms with Gasteiger partial charge in [0.2, 0.25) is 11.8 Å². The summed E-state index contributed by atoms with van der Waals surface area (Å²) in [5.74, 6) is -0.750. The van der Waals surface area contributed by atoms with Crippen molar-refractivity contribution in [2.24, 2.45) is 17.4 Å². The first-order valence-corrected chi connectivity index (χ1v) is 5.84. The van der Waals surface area contributed by atoms with E-state index in [2.05, 4.69) is 5.32 Å². The molecule has 2 unspecified atom stereocenters. The van der Waals surface area contributed by atoms with Crippen molar-refractivity contribution in [2.75, 3.05) is 5.32 Å². The summed E-state index contributed by atoms with van der Waals surface area (Å²) in [6, 6.07) is 6.81. The summed E-state index contributed by atoms with van der Waals surface area (Å²) in [6.45, 7) is 3.57. The first kappa shape index (κ1) is 14.2. The molecular formula is C13H19N3O2. The molecule has 0 aliphatic heterocycles. The molecule has 0 radical (unpaired) electrons. The van der Waals surface area contributed by atoms with Crippen LogP contribution < -0.4 is 16.8 Å². The molecule has 0 fully saturated rings. The summed E-state index contributed by atoms with van der Waals surface area (Å²) < 4.78 is 0. The molecule has 0 spiro atoms. The van der Waals surface area contributed by atoms with Crippen molar-refractivity contribution in [2.45, 2.75) is 26.3 Å². The standard InChI is InChI=1S/C13H19N3O2/c1-8(9(2)14)13(18)16-11-5-3-10(4-6-11)7-12(15)17/h3-6,8-9H,7,14H2,1-2H3,(H2,15,17)(H,16,18). The summed E-state index contributed by atoms with van der Waals surface area (Å²) in [5, 5.41) is 2.77. The Morgan fingerprint density at radius 1 is 1.22 bits per heavy atom. The molecule has 1 aromatic rings. The number of primary amides is 1. The maximum atomic E-state index is 11.8. The molecule has 18 heavy (non-hydrogen) atoms. The highest BCUT2D eigenvalue weighted by Crippen LogP contribution is 2.12. The van der Waals surface area contributed by atoms with E-state index in [-0.39, 0.29) is 30.2 Å². The van der Waals surface area contributed by atoms with Crippen LogP contribution >= 0.6 is 0 Å². The van der Waals surface area contributed by atoms with Crippen molar-refractivity contribution < 1.29 is 9.59 Å². The SMILES string of the molecule is CC(N)C(C)C(=O)Nc1ccc(CC(N)=O)cc1. The Balaban J connectivity index is 2.63. The largest absolute Gasteiger partial charge is 0.369 e. The molecule has 1 rings (SSSR count). The van der Waals surface area contributed by atoms with Crippen LogP contribution in [0.4, 0.5) is 5.69 Å². The molecule has 0 saturated heterocycles. The number of anilines is 1. The Labute approximate surface area is 107 Å². The van der Waals surface area contributed by atoms with E-state index in [4.69, 9.17) is 11.5 Å². The van der Waals surface area contributed by atoms with E-state index in [1.807, 2.05) is 0 Å². The van der Waals surface area contributed by atoms with E-state index in [9.17, 15) is 9.59 Å². The van der Waals surface area contributed by atoms with Gasteiger partial charge in [0, 0.05) is 11.7 Å². The zero-order valence-corrected chi connectivity index (χ0v) is 10.6. The van der Waals surface area contributed by atoms with Gasteiger partial charge in [0.1, 0.15) is 0 Å². The van der Waals surface area contributed by atoms with Crippen LogP contribution in [0.5, 0.6) is 0 Å². The summed E-state index contributed by atoms with van der Waals surface area (Å²) in [4.78, 5) is 22.5. The zero-order valence-electron chi connectivity index (χ0n) is 10.6.